The van der Waals surface area contributed by atoms with E-state index in [1.807, 2.05) is 31.2 Å². The number of anilines is 1. The minimum atomic E-state index is -1.18. The number of aryl methyl sites for hydroxylation is 1. The summed E-state index contributed by atoms with van der Waals surface area (Å²) in [5.74, 6) is -0.740. The summed E-state index contributed by atoms with van der Waals surface area (Å²) in [5, 5.41) is 10.9. The molecule has 23 heavy (non-hydrogen) atoms. The molecule has 5 heteroatoms. The molecule has 1 aliphatic rings. The number of nitrogens with zero attached hydrogens (tertiary/aromatic N) is 1. The Balaban J connectivity index is 1.71. The van der Waals surface area contributed by atoms with Crippen LogP contribution in [0, 0.1) is 12.8 Å². The van der Waals surface area contributed by atoms with E-state index in [0.717, 1.165) is 11.3 Å². The highest BCUT2D eigenvalue weighted by atomic mass is 16.5. The topological polar surface area (TPSA) is 69.7 Å². The third-order valence-electron chi connectivity index (χ3n) is 3.86. The second-order valence-electron chi connectivity index (χ2n) is 5.63. The Kier molecular flexibility index (Phi) is 4.02. The fraction of sp³-hybridized carbons (Fsp3) is 0.222. The number of ether oxygens (including phenoxy) is 1. The number of hydrogen-bond acceptors (Lipinski definition) is 4. The van der Waals surface area contributed by atoms with Crippen LogP contribution in [-0.4, -0.2) is 18.4 Å². The van der Waals surface area contributed by atoms with Gasteiger partial charge in [0, 0.05) is 30.5 Å². The summed E-state index contributed by atoms with van der Waals surface area (Å²) in [6, 6.07) is 14.7. The molecule has 0 aromatic heterocycles. The van der Waals surface area contributed by atoms with Gasteiger partial charge in [-0.25, -0.2) is 0 Å². The Hall–Kier alpha value is -2.82. The number of carboxylic acid groups (broad SMARTS) is 1. The van der Waals surface area contributed by atoms with Crippen molar-refractivity contribution in [2.75, 3.05) is 11.4 Å². The fourth-order valence-corrected chi connectivity index (χ4v) is 2.55. The van der Waals surface area contributed by atoms with Gasteiger partial charge in [0.25, 0.3) is 0 Å². The predicted molar refractivity (Wildman–Crippen MR) is 83.2 cm³/mol. The molecule has 0 bridgehead atoms. The number of rotatable bonds is 4. The molecule has 5 nitrogen and oxygen atoms in total. The van der Waals surface area contributed by atoms with E-state index in [2.05, 4.69) is 0 Å². The van der Waals surface area contributed by atoms with Gasteiger partial charge in [0.1, 0.15) is 11.5 Å². The second kappa shape index (κ2) is 6.12. The normalized spacial score (nSPS) is 17.3. The SMILES string of the molecule is Cc1ccc(Oc2ccc(N3C[C@@H](C(=O)[O-])CC3=O)cc2)cc1. The lowest BCUT2D eigenvalue weighted by molar-refractivity contribution is -0.310. The first-order chi connectivity index (χ1) is 11.0. The van der Waals surface area contributed by atoms with E-state index < -0.39 is 11.9 Å². The van der Waals surface area contributed by atoms with E-state index in [1.165, 1.54) is 4.90 Å². The molecule has 1 aliphatic heterocycles. The van der Waals surface area contributed by atoms with Crippen LogP contribution in [0.5, 0.6) is 11.5 Å². The van der Waals surface area contributed by atoms with Gasteiger partial charge in [0.15, 0.2) is 0 Å². The molecule has 0 saturated carbocycles. The lowest BCUT2D eigenvalue weighted by atomic mass is 10.1. The quantitative estimate of drug-likeness (QED) is 0.864. The van der Waals surface area contributed by atoms with Crippen molar-refractivity contribution < 1.29 is 19.4 Å². The standard InChI is InChI=1S/C18H17NO4/c1-12-2-6-15(7-3-12)23-16-8-4-14(5-9-16)19-11-13(18(21)22)10-17(19)20/h2-9,13H,10-11H2,1H3,(H,21,22)/p-1/t13-/m0/s1. The molecule has 118 valence electrons. The third kappa shape index (κ3) is 3.34. The molecule has 1 atom stereocenters. The lowest BCUT2D eigenvalue weighted by Gasteiger charge is -2.17. The average Bonchev–Trinajstić information content (AvgIpc) is 2.93. The van der Waals surface area contributed by atoms with Crippen LogP contribution >= 0.6 is 0 Å². The molecule has 1 amide bonds. The highest BCUT2D eigenvalue weighted by Crippen LogP contribution is 2.28. The average molecular weight is 310 g/mol. The maximum Gasteiger partial charge on any atom is 0.227 e. The highest BCUT2D eigenvalue weighted by Gasteiger charge is 2.31. The smallest absolute Gasteiger partial charge is 0.227 e. The van der Waals surface area contributed by atoms with Gasteiger partial charge in [-0.05, 0) is 43.3 Å². The van der Waals surface area contributed by atoms with Crippen molar-refractivity contribution in [1.82, 2.24) is 0 Å². The largest absolute Gasteiger partial charge is 0.550 e. The highest BCUT2D eigenvalue weighted by molar-refractivity contribution is 5.98. The van der Waals surface area contributed by atoms with Gasteiger partial charge in [-0.3, -0.25) is 4.79 Å². The Bertz CT molecular complexity index is 722. The minimum Gasteiger partial charge on any atom is -0.550 e. The summed E-state index contributed by atoms with van der Waals surface area (Å²) in [4.78, 5) is 24.3. The number of aliphatic carboxylic acids is 1. The molecule has 1 fully saturated rings. The van der Waals surface area contributed by atoms with Crippen molar-refractivity contribution in [1.29, 1.82) is 0 Å². The van der Waals surface area contributed by atoms with Crippen LogP contribution in [0.2, 0.25) is 0 Å². The van der Waals surface area contributed by atoms with Crippen LogP contribution < -0.4 is 14.7 Å². The van der Waals surface area contributed by atoms with Gasteiger partial charge in [0.05, 0.1) is 0 Å². The van der Waals surface area contributed by atoms with E-state index in [0.29, 0.717) is 11.4 Å². The van der Waals surface area contributed by atoms with Crippen LogP contribution in [0.25, 0.3) is 0 Å². The molecule has 1 saturated heterocycles. The van der Waals surface area contributed by atoms with Crippen LogP contribution in [0.15, 0.2) is 48.5 Å². The molecule has 0 spiro atoms. The Morgan fingerprint density at radius 3 is 2.17 bits per heavy atom. The second-order valence-corrected chi connectivity index (χ2v) is 5.63. The van der Waals surface area contributed by atoms with Crippen molar-refractivity contribution in [3.63, 3.8) is 0 Å². The van der Waals surface area contributed by atoms with Crippen LogP contribution in [-0.2, 0) is 9.59 Å². The molecule has 0 aliphatic carbocycles. The zero-order valence-electron chi connectivity index (χ0n) is 12.7. The summed E-state index contributed by atoms with van der Waals surface area (Å²) in [6.45, 7) is 2.16. The summed E-state index contributed by atoms with van der Waals surface area (Å²) in [5.41, 5.74) is 1.82. The summed E-state index contributed by atoms with van der Waals surface area (Å²) < 4.78 is 5.73. The van der Waals surface area contributed by atoms with Gasteiger partial charge in [-0.2, -0.15) is 0 Å². The van der Waals surface area contributed by atoms with Crippen molar-refractivity contribution in [3.05, 3.63) is 54.1 Å². The lowest BCUT2D eigenvalue weighted by Crippen LogP contribution is -2.33. The van der Waals surface area contributed by atoms with Crippen molar-refractivity contribution in [2.45, 2.75) is 13.3 Å². The molecule has 0 unspecified atom stereocenters. The van der Waals surface area contributed by atoms with Gasteiger partial charge >= 0.3 is 0 Å². The number of benzene rings is 2. The maximum absolute atomic E-state index is 11.9. The molecule has 3 rings (SSSR count). The van der Waals surface area contributed by atoms with E-state index in [-0.39, 0.29) is 18.9 Å². The van der Waals surface area contributed by atoms with Gasteiger partial charge in [0.2, 0.25) is 5.91 Å². The number of hydrogen-bond donors (Lipinski definition) is 0. The van der Waals surface area contributed by atoms with Crippen molar-refractivity contribution >= 4 is 17.6 Å². The number of carbonyl (C=O) groups is 2. The molecule has 1 heterocycles. The fourth-order valence-electron chi connectivity index (χ4n) is 2.55. The van der Waals surface area contributed by atoms with Crippen LogP contribution in [0.1, 0.15) is 12.0 Å². The van der Waals surface area contributed by atoms with Gasteiger partial charge in [-0.1, -0.05) is 17.7 Å². The zero-order valence-corrected chi connectivity index (χ0v) is 12.7. The first-order valence-electron chi connectivity index (χ1n) is 7.39. The Morgan fingerprint density at radius 2 is 1.65 bits per heavy atom. The van der Waals surface area contributed by atoms with Gasteiger partial charge in [-0.15, -0.1) is 0 Å². The molecule has 0 N–H and O–H groups in total. The predicted octanol–water partition coefficient (Wildman–Crippen LogP) is 1.89. The van der Waals surface area contributed by atoms with E-state index in [4.69, 9.17) is 4.74 Å². The summed E-state index contributed by atoms with van der Waals surface area (Å²) in [6.07, 6.45) is -0.00997. The van der Waals surface area contributed by atoms with E-state index >= 15 is 0 Å². The Labute approximate surface area is 134 Å². The minimum absolute atomic E-state index is 0.00997. The third-order valence-corrected chi connectivity index (χ3v) is 3.86. The van der Waals surface area contributed by atoms with Crippen molar-refractivity contribution in [2.24, 2.45) is 5.92 Å². The number of amides is 1. The van der Waals surface area contributed by atoms with E-state index in [1.54, 1.807) is 24.3 Å². The Morgan fingerprint density at radius 1 is 1.09 bits per heavy atom. The molecule has 2 aromatic rings. The maximum atomic E-state index is 11.9. The molecular formula is C18H16NO4-. The summed E-state index contributed by atoms with van der Waals surface area (Å²) >= 11 is 0. The summed E-state index contributed by atoms with van der Waals surface area (Å²) in [7, 11) is 0. The molecule has 2 aromatic carbocycles. The van der Waals surface area contributed by atoms with Crippen molar-refractivity contribution in [3.8, 4) is 11.5 Å². The molecule has 0 radical (unpaired) electrons. The number of carboxylic acids is 1. The monoisotopic (exact) mass is 310 g/mol. The zero-order chi connectivity index (χ0) is 16.4. The van der Waals surface area contributed by atoms with Gasteiger partial charge < -0.3 is 19.5 Å². The molecular weight excluding hydrogens is 294 g/mol. The number of carbonyl (C=O) groups excluding carboxylic acids is 2. The van der Waals surface area contributed by atoms with Crippen LogP contribution in [0.4, 0.5) is 5.69 Å². The first kappa shape index (κ1) is 15.1. The van der Waals surface area contributed by atoms with E-state index in [9.17, 15) is 14.7 Å². The first-order valence-corrected chi connectivity index (χ1v) is 7.39. The van der Waals surface area contributed by atoms with Crippen LogP contribution in [0.3, 0.4) is 0 Å².